The topological polar surface area (TPSA) is 59.5 Å². The van der Waals surface area contributed by atoms with Gasteiger partial charge in [0.2, 0.25) is 10.0 Å². The predicted molar refractivity (Wildman–Crippen MR) is 108 cm³/mol. The van der Waals surface area contributed by atoms with Crippen LogP contribution < -0.4 is 0 Å². The lowest BCUT2D eigenvalue weighted by atomic mass is 10.2. The molecule has 27 heavy (non-hydrogen) atoms. The standard InChI is InChI=1S/C19H17ClN2O3S2/c20-16-5-1-15(2-6-16)19-21-18(13-26-19)14-3-7-17(8-4-14)27(23,24)22-9-11-25-12-10-22/h1-8,13H,9-12H2. The number of sulfonamides is 1. The highest BCUT2D eigenvalue weighted by Gasteiger charge is 2.26. The molecule has 1 saturated heterocycles. The third-order valence-electron chi connectivity index (χ3n) is 4.35. The van der Waals surface area contributed by atoms with E-state index >= 15 is 0 Å². The lowest BCUT2D eigenvalue weighted by Crippen LogP contribution is -2.40. The second-order valence-corrected chi connectivity index (χ2v) is 9.32. The van der Waals surface area contributed by atoms with Gasteiger partial charge in [-0.1, -0.05) is 35.9 Å². The van der Waals surface area contributed by atoms with E-state index < -0.39 is 10.0 Å². The van der Waals surface area contributed by atoms with Gasteiger partial charge in [0.15, 0.2) is 0 Å². The van der Waals surface area contributed by atoms with Gasteiger partial charge in [-0.05, 0) is 24.3 Å². The molecule has 0 saturated carbocycles. The fraction of sp³-hybridized carbons (Fsp3) is 0.211. The number of hydrogen-bond acceptors (Lipinski definition) is 5. The molecule has 2 heterocycles. The number of thiazole rings is 1. The van der Waals surface area contributed by atoms with Crippen LogP contribution in [-0.4, -0.2) is 44.0 Å². The molecule has 5 nitrogen and oxygen atoms in total. The monoisotopic (exact) mass is 420 g/mol. The Morgan fingerprint density at radius 2 is 1.59 bits per heavy atom. The molecule has 1 aromatic heterocycles. The van der Waals surface area contributed by atoms with Crippen molar-refractivity contribution >= 4 is 33.0 Å². The summed E-state index contributed by atoms with van der Waals surface area (Å²) in [6.07, 6.45) is 0. The van der Waals surface area contributed by atoms with Gasteiger partial charge < -0.3 is 4.74 Å². The maximum Gasteiger partial charge on any atom is 0.243 e. The maximum atomic E-state index is 12.7. The lowest BCUT2D eigenvalue weighted by molar-refractivity contribution is 0.0730. The van der Waals surface area contributed by atoms with Crippen molar-refractivity contribution in [3.05, 3.63) is 58.9 Å². The van der Waals surface area contributed by atoms with Crippen molar-refractivity contribution in [3.8, 4) is 21.8 Å². The van der Waals surface area contributed by atoms with E-state index in [2.05, 4.69) is 4.98 Å². The van der Waals surface area contributed by atoms with Crippen LogP contribution in [0.5, 0.6) is 0 Å². The first kappa shape index (κ1) is 18.6. The van der Waals surface area contributed by atoms with Crippen LogP contribution >= 0.6 is 22.9 Å². The van der Waals surface area contributed by atoms with Crippen LogP contribution in [0.15, 0.2) is 58.8 Å². The van der Waals surface area contributed by atoms with Crippen LogP contribution in [0.4, 0.5) is 0 Å². The fourth-order valence-corrected chi connectivity index (χ4v) is 5.23. The van der Waals surface area contributed by atoms with Gasteiger partial charge in [0.1, 0.15) is 5.01 Å². The van der Waals surface area contributed by atoms with Gasteiger partial charge in [0.25, 0.3) is 0 Å². The highest BCUT2D eigenvalue weighted by atomic mass is 35.5. The van der Waals surface area contributed by atoms with E-state index in [1.165, 1.54) is 4.31 Å². The van der Waals surface area contributed by atoms with Crippen molar-refractivity contribution in [2.24, 2.45) is 0 Å². The van der Waals surface area contributed by atoms with Crippen LogP contribution in [0, 0.1) is 0 Å². The Kier molecular flexibility index (Phi) is 5.29. The molecule has 140 valence electrons. The highest BCUT2D eigenvalue weighted by Crippen LogP contribution is 2.30. The van der Waals surface area contributed by atoms with Crippen molar-refractivity contribution < 1.29 is 13.2 Å². The molecule has 0 amide bonds. The van der Waals surface area contributed by atoms with E-state index in [9.17, 15) is 8.42 Å². The largest absolute Gasteiger partial charge is 0.379 e. The summed E-state index contributed by atoms with van der Waals surface area (Å²) >= 11 is 7.47. The van der Waals surface area contributed by atoms with Crippen molar-refractivity contribution in [3.63, 3.8) is 0 Å². The van der Waals surface area contributed by atoms with Crippen molar-refractivity contribution in [2.75, 3.05) is 26.3 Å². The Labute approximate surface area is 167 Å². The van der Waals surface area contributed by atoms with Crippen molar-refractivity contribution in [1.29, 1.82) is 0 Å². The molecule has 0 unspecified atom stereocenters. The van der Waals surface area contributed by atoms with Crippen LogP contribution in [0.3, 0.4) is 0 Å². The highest BCUT2D eigenvalue weighted by molar-refractivity contribution is 7.89. The Morgan fingerprint density at radius 1 is 0.963 bits per heavy atom. The van der Waals surface area contributed by atoms with Gasteiger partial charge in [-0.25, -0.2) is 13.4 Å². The zero-order valence-corrected chi connectivity index (χ0v) is 16.7. The molecular formula is C19H17ClN2O3S2. The van der Waals surface area contributed by atoms with Gasteiger partial charge in [-0.2, -0.15) is 4.31 Å². The SMILES string of the molecule is O=S(=O)(c1ccc(-c2csc(-c3ccc(Cl)cc3)n2)cc1)N1CCOCC1. The third-order valence-corrected chi connectivity index (χ3v) is 7.41. The number of morpholine rings is 1. The van der Waals surface area contributed by atoms with Gasteiger partial charge in [-0.15, -0.1) is 11.3 Å². The molecule has 0 aliphatic carbocycles. The molecule has 0 radical (unpaired) electrons. The smallest absolute Gasteiger partial charge is 0.243 e. The zero-order valence-electron chi connectivity index (χ0n) is 14.3. The van der Waals surface area contributed by atoms with Crippen LogP contribution in [0.25, 0.3) is 21.8 Å². The molecule has 0 bridgehead atoms. The molecule has 1 aliphatic rings. The van der Waals surface area contributed by atoms with E-state index in [0.717, 1.165) is 21.8 Å². The molecule has 1 fully saturated rings. The van der Waals surface area contributed by atoms with E-state index in [4.69, 9.17) is 16.3 Å². The average molecular weight is 421 g/mol. The summed E-state index contributed by atoms with van der Waals surface area (Å²) in [6.45, 7) is 1.65. The number of ether oxygens (including phenoxy) is 1. The summed E-state index contributed by atoms with van der Waals surface area (Å²) in [5.74, 6) is 0. The second-order valence-electron chi connectivity index (χ2n) is 6.09. The summed E-state index contributed by atoms with van der Waals surface area (Å²) in [5.41, 5.74) is 2.70. The van der Waals surface area contributed by atoms with E-state index in [-0.39, 0.29) is 0 Å². The Balaban J connectivity index is 1.57. The van der Waals surface area contributed by atoms with Gasteiger partial charge >= 0.3 is 0 Å². The van der Waals surface area contributed by atoms with Crippen LogP contribution in [-0.2, 0) is 14.8 Å². The molecular weight excluding hydrogens is 404 g/mol. The van der Waals surface area contributed by atoms with Gasteiger partial charge in [0, 0.05) is 34.6 Å². The molecule has 8 heteroatoms. The first-order chi connectivity index (χ1) is 13.0. The van der Waals surface area contributed by atoms with Gasteiger partial charge in [-0.3, -0.25) is 0 Å². The summed E-state index contributed by atoms with van der Waals surface area (Å²) in [6, 6.07) is 14.4. The van der Waals surface area contributed by atoms with Crippen LogP contribution in [0.2, 0.25) is 5.02 Å². The Hall–Kier alpha value is -1.77. The quantitative estimate of drug-likeness (QED) is 0.636. The number of nitrogens with zero attached hydrogens (tertiary/aromatic N) is 2. The molecule has 0 N–H and O–H groups in total. The fourth-order valence-electron chi connectivity index (χ4n) is 2.87. The molecule has 0 atom stereocenters. The minimum Gasteiger partial charge on any atom is -0.379 e. The van der Waals surface area contributed by atoms with Gasteiger partial charge in [0.05, 0.1) is 23.8 Å². The summed E-state index contributed by atoms with van der Waals surface area (Å²) in [5, 5.41) is 3.55. The van der Waals surface area contributed by atoms with E-state index in [1.807, 2.05) is 29.6 Å². The number of aromatic nitrogens is 1. The molecule has 0 spiro atoms. The molecule has 4 rings (SSSR count). The van der Waals surface area contributed by atoms with E-state index in [0.29, 0.717) is 36.2 Å². The van der Waals surface area contributed by atoms with Crippen molar-refractivity contribution in [1.82, 2.24) is 9.29 Å². The zero-order chi connectivity index (χ0) is 18.9. The normalized spacial score (nSPS) is 15.7. The third kappa shape index (κ3) is 3.93. The van der Waals surface area contributed by atoms with Crippen molar-refractivity contribution in [2.45, 2.75) is 4.90 Å². The minimum absolute atomic E-state index is 0.293. The lowest BCUT2D eigenvalue weighted by Gasteiger charge is -2.26. The maximum absolute atomic E-state index is 12.7. The number of rotatable bonds is 4. The molecule has 1 aliphatic heterocycles. The summed E-state index contributed by atoms with van der Waals surface area (Å²) < 4.78 is 32.1. The first-order valence-corrected chi connectivity index (χ1v) is 11.1. The second kappa shape index (κ2) is 7.69. The number of halogens is 1. The molecule has 3 aromatic rings. The number of hydrogen-bond donors (Lipinski definition) is 0. The minimum atomic E-state index is -3.48. The summed E-state index contributed by atoms with van der Waals surface area (Å²) in [7, 11) is -3.48. The summed E-state index contributed by atoms with van der Waals surface area (Å²) in [4.78, 5) is 4.95. The number of benzene rings is 2. The van der Waals surface area contributed by atoms with Crippen LogP contribution in [0.1, 0.15) is 0 Å². The predicted octanol–water partition coefficient (Wildman–Crippen LogP) is 4.15. The average Bonchev–Trinajstić information content (AvgIpc) is 3.19. The Bertz CT molecular complexity index is 1030. The Morgan fingerprint density at radius 3 is 2.26 bits per heavy atom. The van der Waals surface area contributed by atoms with E-state index in [1.54, 1.807) is 35.6 Å². The molecule has 2 aromatic carbocycles. The first-order valence-electron chi connectivity index (χ1n) is 8.44.